The molecular formula is C25H39ClF3N5O4S. The minimum Gasteiger partial charge on any atom is -0.380 e. The number of amides is 1. The van der Waals surface area contributed by atoms with E-state index < -0.39 is 51.0 Å². The third-order valence-corrected chi connectivity index (χ3v) is 12.4. The van der Waals surface area contributed by atoms with E-state index in [2.05, 4.69) is 20.7 Å². The summed E-state index contributed by atoms with van der Waals surface area (Å²) in [5, 5.41) is 5.85. The third-order valence-electron chi connectivity index (χ3n) is 10.3. The normalized spacial score (nSPS) is 41.0. The van der Waals surface area contributed by atoms with Gasteiger partial charge in [-0.1, -0.05) is 0 Å². The molecule has 0 bridgehead atoms. The Kier molecular flexibility index (Phi) is 7.46. The minimum absolute atomic E-state index is 0.0953. The topological polar surface area (TPSA) is 94.2 Å². The number of alkyl halides is 4. The standard InChI is InChI=1S/C25H39ClF3N5O4S/c1-32(23(35)17-11-39(36,37)14-24(17)12-38-13-24)22(25(27,28)29)15-4-6-16(7-5-15)33-8-2-3-18-19(33)10-30-21-9-20(26)31-34(18)21/h15-22,30-31H,2-14H2,1H3/t15?,16?,17-,18?,19?,20?,21?,22-/m0/s1. The second-order valence-corrected chi connectivity index (χ2v) is 15.3. The van der Waals surface area contributed by atoms with Gasteiger partial charge in [0.15, 0.2) is 9.84 Å². The van der Waals surface area contributed by atoms with Crippen LogP contribution in [0.5, 0.6) is 0 Å². The third kappa shape index (κ3) is 5.12. The van der Waals surface area contributed by atoms with Gasteiger partial charge < -0.3 is 9.64 Å². The van der Waals surface area contributed by atoms with Crippen LogP contribution in [0.3, 0.4) is 0 Å². The lowest BCUT2D eigenvalue weighted by atomic mass is 9.74. The van der Waals surface area contributed by atoms with Gasteiger partial charge in [0, 0.05) is 43.6 Å². The van der Waals surface area contributed by atoms with Crippen molar-refractivity contribution >= 4 is 27.3 Å². The Balaban J connectivity index is 1.13. The summed E-state index contributed by atoms with van der Waals surface area (Å²) in [6.07, 6.45) is 0.599. The maximum Gasteiger partial charge on any atom is 0.409 e. The number of hydrazine groups is 1. The summed E-state index contributed by atoms with van der Waals surface area (Å²) in [4.78, 5) is 16.7. The molecule has 1 amide bonds. The van der Waals surface area contributed by atoms with E-state index in [1.165, 1.54) is 7.05 Å². The average molecular weight is 598 g/mol. The molecule has 39 heavy (non-hydrogen) atoms. The monoisotopic (exact) mass is 597 g/mol. The van der Waals surface area contributed by atoms with Crippen molar-refractivity contribution in [1.29, 1.82) is 0 Å². The average Bonchev–Trinajstić information content (AvgIpc) is 3.39. The fourth-order valence-corrected chi connectivity index (χ4v) is 11.1. The Morgan fingerprint density at radius 3 is 2.51 bits per heavy atom. The molecule has 1 spiro atoms. The van der Waals surface area contributed by atoms with Gasteiger partial charge in [-0.3, -0.25) is 15.0 Å². The zero-order valence-electron chi connectivity index (χ0n) is 22.2. The smallest absolute Gasteiger partial charge is 0.380 e. The highest BCUT2D eigenvalue weighted by atomic mass is 35.5. The number of hydrogen-bond donors (Lipinski definition) is 2. The Morgan fingerprint density at radius 1 is 1.15 bits per heavy atom. The van der Waals surface area contributed by atoms with Gasteiger partial charge in [0.05, 0.1) is 42.3 Å². The number of ether oxygens (including phenoxy) is 1. The first-order chi connectivity index (χ1) is 18.4. The number of fused-ring (bicyclic) bond motifs is 3. The second-order valence-electron chi connectivity index (χ2n) is 12.6. The number of rotatable bonds is 4. The minimum atomic E-state index is -4.60. The van der Waals surface area contributed by atoms with Crippen molar-refractivity contribution < 1.29 is 31.1 Å². The molecule has 5 heterocycles. The second kappa shape index (κ2) is 10.2. The molecule has 9 nitrogen and oxygen atoms in total. The van der Waals surface area contributed by atoms with Gasteiger partial charge in [-0.2, -0.15) is 13.2 Å². The molecule has 6 fully saturated rings. The van der Waals surface area contributed by atoms with Crippen LogP contribution in [0.4, 0.5) is 13.2 Å². The summed E-state index contributed by atoms with van der Waals surface area (Å²) >= 11 is 6.35. The summed E-state index contributed by atoms with van der Waals surface area (Å²) in [5.74, 6) is -3.02. The lowest BCUT2D eigenvalue weighted by molar-refractivity contribution is -0.207. The highest BCUT2D eigenvalue weighted by Gasteiger charge is 2.60. The van der Waals surface area contributed by atoms with Crippen LogP contribution in [-0.2, 0) is 19.4 Å². The number of carbonyl (C=O) groups excluding carboxylic acids is 1. The van der Waals surface area contributed by atoms with Gasteiger partial charge in [-0.05, 0) is 51.0 Å². The number of likely N-dealkylation sites (tertiary alicyclic amines) is 1. The van der Waals surface area contributed by atoms with Crippen LogP contribution in [-0.4, -0.2) is 116 Å². The van der Waals surface area contributed by atoms with Crippen LogP contribution < -0.4 is 10.7 Å². The van der Waals surface area contributed by atoms with Crippen LogP contribution in [0.25, 0.3) is 0 Å². The largest absolute Gasteiger partial charge is 0.409 e. The molecule has 222 valence electrons. The summed E-state index contributed by atoms with van der Waals surface area (Å²) in [5.41, 5.74) is 2.40. The first-order valence-corrected chi connectivity index (χ1v) is 16.4. The fourth-order valence-electron chi connectivity index (χ4n) is 8.42. The predicted molar refractivity (Wildman–Crippen MR) is 138 cm³/mol. The van der Waals surface area contributed by atoms with Crippen LogP contribution in [0.2, 0.25) is 0 Å². The van der Waals surface area contributed by atoms with Crippen molar-refractivity contribution in [1.82, 2.24) is 25.6 Å². The Labute approximate surface area is 233 Å². The zero-order valence-corrected chi connectivity index (χ0v) is 23.8. The van der Waals surface area contributed by atoms with Crippen molar-refractivity contribution in [3.8, 4) is 0 Å². The molecule has 1 saturated carbocycles. The fraction of sp³-hybridized carbons (Fsp3) is 0.960. The number of halogens is 4. The van der Waals surface area contributed by atoms with Crippen LogP contribution >= 0.6 is 11.6 Å². The molecule has 6 aliphatic rings. The van der Waals surface area contributed by atoms with Crippen molar-refractivity contribution in [2.45, 2.75) is 87.0 Å². The first-order valence-electron chi connectivity index (χ1n) is 14.2. The van der Waals surface area contributed by atoms with Crippen molar-refractivity contribution in [2.24, 2.45) is 17.3 Å². The summed E-state index contributed by atoms with van der Waals surface area (Å²) in [6, 6.07) is -1.12. The molecule has 6 atom stereocenters. The molecule has 5 saturated heterocycles. The van der Waals surface area contributed by atoms with Gasteiger partial charge >= 0.3 is 6.18 Å². The maximum atomic E-state index is 14.5. The van der Waals surface area contributed by atoms with Crippen LogP contribution in [0, 0.1) is 17.3 Å². The molecule has 6 rings (SSSR count). The Morgan fingerprint density at radius 2 is 1.87 bits per heavy atom. The van der Waals surface area contributed by atoms with E-state index in [0.717, 1.165) is 37.3 Å². The number of nitrogens with one attached hydrogen (secondary N) is 2. The quantitative estimate of drug-likeness (QED) is 0.372. The van der Waals surface area contributed by atoms with E-state index in [9.17, 15) is 26.4 Å². The first kappa shape index (κ1) is 28.4. The van der Waals surface area contributed by atoms with Gasteiger partial charge in [-0.15, -0.1) is 11.6 Å². The molecule has 2 N–H and O–H groups in total. The van der Waals surface area contributed by atoms with E-state index in [0.29, 0.717) is 31.7 Å². The zero-order chi connectivity index (χ0) is 27.7. The van der Waals surface area contributed by atoms with Gasteiger partial charge in [0.2, 0.25) is 5.91 Å². The van der Waals surface area contributed by atoms with Crippen molar-refractivity contribution in [2.75, 3.05) is 44.9 Å². The Hall–Kier alpha value is -0.700. The van der Waals surface area contributed by atoms with E-state index in [1.54, 1.807) is 0 Å². The summed E-state index contributed by atoms with van der Waals surface area (Å²) in [6.45, 7) is 1.98. The van der Waals surface area contributed by atoms with E-state index >= 15 is 0 Å². The number of nitrogens with zero attached hydrogens (tertiary/aromatic N) is 3. The number of piperidine rings is 1. The lowest BCUT2D eigenvalue weighted by Gasteiger charge is -2.53. The molecule has 4 unspecified atom stereocenters. The van der Waals surface area contributed by atoms with E-state index in [-0.39, 0.29) is 42.7 Å². The van der Waals surface area contributed by atoms with Gasteiger partial charge in [0.1, 0.15) is 6.04 Å². The molecule has 0 aromatic rings. The van der Waals surface area contributed by atoms with E-state index in [4.69, 9.17) is 16.3 Å². The number of carbonyl (C=O) groups is 1. The molecule has 1 aliphatic carbocycles. The van der Waals surface area contributed by atoms with Crippen molar-refractivity contribution in [3.05, 3.63) is 0 Å². The molecule has 0 radical (unpaired) electrons. The van der Waals surface area contributed by atoms with Crippen LogP contribution in [0.1, 0.15) is 44.9 Å². The summed E-state index contributed by atoms with van der Waals surface area (Å²) in [7, 11) is -2.30. The van der Waals surface area contributed by atoms with Crippen molar-refractivity contribution in [3.63, 3.8) is 0 Å². The van der Waals surface area contributed by atoms with E-state index in [1.807, 2.05) is 0 Å². The lowest BCUT2D eigenvalue weighted by Crippen LogP contribution is -2.70. The number of hydrogen-bond acceptors (Lipinski definition) is 8. The highest BCUT2D eigenvalue weighted by Crippen LogP contribution is 2.46. The van der Waals surface area contributed by atoms with Crippen LogP contribution in [0.15, 0.2) is 0 Å². The SMILES string of the molecule is CN(C(=O)[C@@H]1CS(=O)(=O)CC12COC2)[C@@H](C1CCC(N2CCCC3C2CNC2CC(Cl)NN23)CC1)C(F)(F)F. The van der Waals surface area contributed by atoms with Gasteiger partial charge in [0.25, 0.3) is 0 Å². The highest BCUT2D eigenvalue weighted by molar-refractivity contribution is 7.91. The Bertz CT molecular complexity index is 1050. The number of sulfone groups is 1. The maximum absolute atomic E-state index is 14.5. The van der Waals surface area contributed by atoms with Gasteiger partial charge in [-0.25, -0.2) is 18.9 Å². The molecule has 0 aromatic carbocycles. The molecule has 5 aliphatic heterocycles. The molecular weight excluding hydrogens is 559 g/mol. The molecule has 0 aromatic heterocycles. The predicted octanol–water partition coefficient (Wildman–Crippen LogP) is 1.53. The molecule has 14 heteroatoms. The summed E-state index contributed by atoms with van der Waals surface area (Å²) < 4.78 is 73.4.